The van der Waals surface area contributed by atoms with Crippen LogP contribution >= 0.6 is 11.8 Å². The molecule has 1 saturated heterocycles. The molecule has 108 valence electrons. The van der Waals surface area contributed by atoms with Gasteiger partial charge in [0.2, 0.25) is 11.8 Å². The molecule has 2 amide bonds. The Kier molecular flexibility index (Phi) is 4.59. The molecule has 0 aliphatic carbocycles. The third-order valence-electron chi connectivity index (χ3n) is 2.97. The van der Waals surface area contributed by atoms with Crippen LogP contribution in [0.2, 0.25) is 0 Å². The van der Waals surface area contributed by atoms with Crippen LogP contribution in [-0.4, -0.2) is 34.9 Å². The van der Waals surface area contributed by atoms with Gasteiger partial charge in [-0.1, -0.05) is 6.07 Å². The van der Waals surface area contributed by atoms with Gasteiger partial charge in [0, 0.05) is 11.6 Å². The molecule has 4 nitrogen and oxygen atoms in total. The van der Waals surface area contributed by atoms with Crippen molar-refractivity contribution in [2.24, 2.45) is 0 Å². The minimum absolute atomic E-state index is 0.0427. The van der Waals surface area contributed by atoms with Crippen LogP contribution in [0, 0.1) is 11.6 Å². The van der Waals surface area contributed by atoms with Crippen molar-refractivity contribution in [2.45, 2.75) is 13.0 Å². The summed E-state index contributed by atoms with van der Waals surface area (Å²) < 4.78 is 26.4. The fourth-order valence-electron chi connectivity index (χ4n) is 1.93. The van der Waals surface area contributed by atoms with Gasteiger partial charge in [-0.3, -0.25) is 9.59 Å². The summed E-state index contributed by atoms with van der Waals surface area (Å²) in [5, 5.41) is 2.60. The van der Waals surface area contributed by atoms with Crippen LogP contribution in [0.1, 0.15) is 18.5 Å². The number of thioether (sulfide) groups is 1. The molecule has 0 aromatic heterocycles. The number of hydrogen-bond donors (Lipinski definition) is 1. The first-order chi connectivity index (χ1) is 9.47. The maximum atomic E-state index is 13.6. The Morgan fingerprint density at radius 3 is 2.85 bits per heavy atom. The predicted molar refractivity (Wildman–Crippen MR) is 72.0 cm³/mol. The number of benzene rings is 1. The van der Waals surface area contributed by atoms with E-state index in [1.807, 2.05) is 0 Å². The number of halogens is 2. The molecule has 1 fully saturated rings. The quantitative estimate of drug-likeness (QED) is 0.920. The van der Waals surface area contributed by atoms with E-state index in [1.54, 1.807) is 6.92 Å². The molecule has 0 saturated carbocycles. The lowest BCUT2D eigenvalue weighted by molar-refractivity contribution is -0.132. The van der Waals surface area contributed by atoms with Gasteiger partial charge in [0.1, 0.15) is 18.2 Å². The summed E-state index contributed by atoms with van der Waals surface area (Å²) in [6.07, 6.45) is 0. The smallest absolute Gasteiger partial charge is 0.240 e. The summed E-state index contributed by atoms with van der Waals surface area (Å²) >= 11 is 1.45. The molecule has 1 N–H and O–H groups in total. The molecule has 1 aromatic rings. The number of carbonyl (C=O) groups excluding carboxylic acids is 2. The van der Waals surface area contributed by atoms with Gasteiger partial charge in [-0.05, 0) is 13.0 Å². The van der Waals surface area contributed by atoms with Gasteiger partial charge < -0.3 is 10.2 Å². The summed E-state index contributed by atoms with van der Waals surface area (Å²) in [4.78, 5) is 24.6. The Bertz CT molecular complexity index is 539. The molecule has 1 heterocycles. The number of rotatable bonds is 4. The SMILES string of the molecule is CC(NC(=O)CN1CSCC1=O)c1ccc(F)cc1F. The summed E-state index contributed by atoms with van der Waals surface area (Å²) in [5.74, 6) is -0.932. The third kappa shape index (κ3) is 3.47. The molecular formula is C13H14F2N2O2S. The molecule has 7 heteroatoms. The van der Waals surface area contributed by atoms with Gasteiger partial charge in [0.25, 0.3) is 0 Å². The molecule has 0 spiro atoms. The van der Waals surface area contributed by atoms with E-state index in [0.29, 0.717) is 11.6 Å². The monoisotopic (exact) mass is 300 g/mol. The van der Waals surface area contributed by atoms with E-state index >= 15 is 0 Å². The van der Waals surface area contributed by atoms with Gasteiger partial charge >= 0.3 is 0 Å². The molecule has 20 heavy (non-hydrogen) atoms. The lowest BCUT2D eigenvalue weighted by atomic mass is 10.1. The van der Waals surface area contributed by atoms with Crippen LogP contribution in [-0.2, 0) is 9.59 Å². The molecule has 2 rings (SSSR count). The average Bonchev–Trinajstić information content (AvgIpc) is 2.74. The first-order valence-corrected chi connectivity index (χ1v) is 7.22. The van der Waals surface area contributed by atoms with Crippen molar-refractivity contribution >= 4 is 23.6 Å². The van der Waals surface area contributed by atoms with E-state index in [4.69, 9.17) is 0 Å². The summed E-state index contributed by atoms with van der Waals surface area (Å²) in [5.41, 5.74) is 0.210. The van der Waals surface area contributed by atoms with Gasteiger partial charge in [0.15, 0.2) is 0 Å². The second kappa shape index (κ2) is 6.21. The summed E-state index contributed by atoms with van der Waals surface area (Å²) in [6.45, 7) is 1.56. The zero-order valence-electron chi connectivity index (χ0n) is 10.9. The van der Waals surface area contributed by atoms with E-state index in [9.17, 15) is 18.4 Å². The van der Waals surface area contributed by atoms with Crippen molar-refractivity contribution in [1.29, 1.82) is 0 Å². The van der Waals surface area contributed by atoms with Crippen LogP contribution < -0.4 is 5.32 Å². The van der Waals surface area contributed by atoms with E-state index in [2.05, 4.69) is 5.32 Å². The van der Waals surface area contributed by atoms with Crippen LogP contribution in [0.5, 0.6) is 0 Å². The number of hydrogen-bond acceptors (Lipinski definition) is 3. The second-order valence-corrected chi connectivity index (χ2v) is 5.48. The lowest BCUT2D eigenvalue weighted by Gasteiger charge is -2.18. The predicted octanol–water partition coefficient (Wildman–Crippen LogP) is 1.67. The molecule has 1 aliphatic heterocycles. The Labute approximate surface area is 119 Å². The molecule has 1 aliphatic rings. The van der Waals surface area contributed by atoms with Gasteiger partial charge in [-0.25, -0.2) is 8.78 Å². The third-order valence-corrected chi connectivity index (χ3v) is 3.91. The highest BCUT2D eigenvalue weighted by Crippen LogP contribution is 2.18. The highest BCUT2D eigenvalue weighted by atomic mass is 32.2. The van der Waals surface area contributed by atoms with Gasteiger partial charge in [-0.15, -0.1) is 11.8 Å². The Morgan fingerprint density at radius 2 is 2.25 bits per heavy atom. The molecule has 0 bridgehead atoms. The molecule has 0 radical (unpaired) electrons. The Morgan fingerprint density at radius 1 is 1.50 bits per heavy atom. The molecule has 1 unspecified atom stereocenters. The highest BCUT2D eigenvalue weighted by Gasteiger charge is 2.23. The first kappa shape index (κ1) is 14.8. The zero-order valence-corrected chi connectivity index (χ0v) is 11.7. The first-order valence-electron chi connectivity index (χ1n) is 6.07. The molecule has 1 aromatic carbocycles. The van der Waals surface area contributed by atoms with Gasteiger partial charge in [0.05, 0.1) is 17.7 Å². The lowest BCUT2D eigenvalue weighted by Crippen LogP contribution is -2.39. The van der Waals surface area contributed by atoms with Crippen molar-refractivity contribution in [3.63, 3.8) is 0 Å². The standard InChI is InChI=1S/C13H14F2N2O2S/c1-8(10-3-2-9(14)4-11(10)15)16-12(18)5-17-7-20-6-13(17)19/h2-4,8H,5-7H2,1H3,(H,16,18). The molecule has 1 atom stereocenters. The number of nitrogens with zero attached hydrogens (tertiary/aromatic N) is 1. The summed E-state index contributed by atoms with van der Waals surface area (Å²) in [7, 11) is 0. The van der Waals surface area contributed by atoms with E-state index < -0.39 is 17.7 Å². The maximum Gasteiger partial charge on any atom is 0.240 e. The Hall–Kier alpha value is -1.63. The largest absolute Gasteiger partial charge is 0.348 e. The van der Waals surface area contributed by atoms with Crippen molar-refractivity contribution in [1.82, 2.24) is 10.2 Å². The topological polar surface area (TPSA) is 49.4 Å². The van der Waals surface area contributed by atoms with Crippen molar-refractivity contribution in [3.05, 3.63) is 35.4 Å². The maximum absolute atomic E-state index is 13.6. The normalized spacial score (nSPS) is 16.4. The minimum Gasteiger partial charge on any atom is -0.348 e. The van der Waals surface area contributed by atoms with E-state index in [0.717, 1.165) is 12.1 Å². The van der Waals surface area contributed by atoms with E-state index in [-0.39, 0.29) is 23.9 Å². The average molecular weight is 300 g/mol. The second-order valence-electron chi connectivity index (χ2n) is 4.52. The minimum atomic E-state index is -0.703. The van der Waals surface area contributed by atoms with Crippen LogP contribution in [0.3, 0.4) is 0 Å². The van der Waals surface area contributed by atoms with Crippen LogP contribution in [0.15, 0.2) is 18.2 Å². The Balaban J connectivity index is 1.95. The van der Waals surface area contributed by atoms with Gasteiger partial charge in [-0.2, -0.15) is 0 Å². The number of amides is 2. The highest BCUT2D eigenvalue weighted by molar-refractivity contribution is 8.00. The van der Waals surface area contributed by atoms with Crippen LogP contribution in [0.25, 0.3) is 0 Å². The van der Waals surface area contributed by atoms with Crippen LogP contribution in [0.4, 0.5) is 8.78 Å². The fourth-order valence-corrected chi connectivity index (χ4v) is 2.84. The van der Waals surface area contributed by atoms with E-state index in [1.165, 1.54) is 22.7 Å². The molecular weight excluding hydrogens is 286 g/mol. The van der Waals surface area contributed by atoms with Crippen molar-refractivity contribution in [3.8, 4) is 0 Å². The number of carbonyl (C=O) groups is 2. The zero-order chi connectivity index (χ0) is 14.7. The fraction of sp³-hybridized carbons (Fsp3) is 0.385. The number of nitrogens with one attached hydrogen (secondary N) is 1. The summed E-state index contributed by atoms with van der Waals surface area (Å²) in [6, 6.07) is 2.63. The van der Waals surface area contributed by atoms with Crippen molar-refractivity contribution < 1.29 is 18.4 Å². The van der Waals surface area contributed by atoms with Crippen molar-refractivity contribution in [2.75, 3.05) is 18.2 Å².